The van der Waals surface area contributed by atoms with Crippen LogP contribution in [0.5, 0.6) is 0 Å². The first-order chi connectivity index (χ1) is 12.7. The highest BCUT2D eigenvalue weighted by Crippen LogP contribution is 2.21. The molecule has 2 aliphatic rings. The number of piperazine rings is 1. The number of hydrogen-bond donors (Lipinski definition) is 0. The van der Waals surface area contributed by atoms with E-state index in [0.29, 0.717) is 37.8 Å². The van der Waals surface area contributed by atoms with Crippen molar-refractivity contribution in [2.24, 2.45) is 0 Å². The molecule has 8 heteroatoms. The Morgan fingerprint density at radius 3 is 2.73 bits per heavy atom. The van der Waals surface area contributed by atoms with E-state index in [1.807, 2.05) is 24.0 Å². The predicted molar refractivity (Wildman–Crippen MR) is 94.7 cm³/mol. The monoisotopic (exact) mass is 357 g/mol. The van der Waals surface area contributed by atoms with Gasteiger partial charge in [-0.05, 0) is 25.0 Å². The number of anilines is 1. The Bertz CT molecular complexity index is 746. The Morgan fingerprint density at radius 2 is 2.12 bits per heavy atom. The van der Waals surface area contributed by atoms with Crippen molar-refractivity contribution in [3.05, 3.63) is 24.2 Å². The predicted octanol–water partition coefficient (Wildman–Crippen LogP) is 1.52. The molecule has 4 rings (SSSR count). The zero-order valence-electron chi connectivity index (χ0n) is 14.9. The number of nitrogens with zero attached hydrogens (tertiary/aromatic N) is 5. The van der Waals surface area contributed by atoms with Crippen molar-refractivity contribution in [2.45, 2.75) is 32.3 Å². The largest absolute Gasteiger partial charge is 0.368 e. The van der Waals surface area contributed by atoms with Crippen molar-refractivity contribution in [2.75, 3.05) is 37.7 Å². The molecule has 2 aromatic heterocycles. The molecule has 26 heavy (non-hydrogen) atoms. The van der Waals surface area contributed by atoms with Crippen molar-refractivity contribution in [1.29, 1.82) is 0 Å². The van der Waals surface area contributed by atoms with Crippen LogP contribution in [0, 0.1) is 0 Å². The minimum absolute atomic E-state index is 0.134. The van der Waals surface area contributed by atoms with Gasteiger partial charge < -0.3 is 19.1 Å². The number of ether oxygens (including phenoxy) is 1. The molecule has 138 valence electrons. The minimum Gasteiger partial charge on any atom is -0.368 e. The summed E-state index contributed by atoms with van der Waals surface area (Å²) in [7, 11) is 0. The molecule has 0 aromatic carbocycles. The van der Waals surface area contributed by atoms with E-state index in [-0.39, 0.29) is 12.0 Å². The van der Waals surface area contributed by atoms with Crippen LogP contribution in [-0.2, 0) is 16.0 Å². The smallest absolute Gasteiger partial charge is 0.251 e. The van der Waals surface area contributed by atoms with Crippen molar-refractivity contribution in [3.63, 3.8) is 0 Å². The van der Waals surface area contributed by atoms with Crippen LogP contribution in [0.3, 0.4) is 0 Å². The number of hydrogen-bond acceptors (Lipinski definition) is 7. The SMILES string of the molecule is CCc1nc(-c2ccc(N3CCN(C(=O)[C@H]4CCCO4)CC3)nc2)no1. The molecule has 1 amide bonds. The molecule has 2 aliphatic heterocycles. The Balaban J connectivity index is 1.36. The first kappa shape index (κ1) is 17.0. The van der Waals surface area contributed by atoms with Crippen LogP contribution in [0.25, 0.3) is 11.4 Å². The number of amides is 1. The summed E-state index contributed by atoms with van der Waals surface area (Å²) in [4.78, 5) is 25.4. The quantitative estimate of drug-likeness (QED) is 0.820. The molecule has 0 unspecified atom stereocenters. The van der Waals surface area contributed by atoms with E-state index in [1.54, 1.807) is 6.20 Å². The van der Waals surface area contributed by atoms with Gasteiger partial charge in [0.05, 0.1) is 0 Å². The molecule has 0 radical (unpaired) electrons. The summed E-state index contributed by atoms with van der Waals surface area (Å²) < 4.78 is 10.7. The molecule has 1 atom stereocenters. The summed E-state index contributed by atoms with van der Waals surface area (Å²) >= 11 is 0. The second-order valence-corrected chi connectivity index (χ2v) is 6.58. The van der Waals surface area contributed by atoms with Crippen LogP contribution in [0.1, 0.15) is 25.7 Å². The van der Waals surface area contributed by atoms with Gasteiger partial charge in [-0.25, -0.2) is 4.98 Å². The third kappa shape index (κ3) is 3.41. The molecular weight excluding hydrogens is 334 g/mol. The number of rotatable bonds is 4. The number of carbonyl (C=O) groups is 1. The van der Waals surface area contributed by atoms with E-state index in [0.717, 1.165) is 37.3 Å². The third-order valence-corrected chi connectivity index (χ3v) is 4.90. The first-order valence-corrected chi connectivity index (χ1v) is 9.19. The van der Waals surface area contributed by atoms with Crippen LogP contribution in [0.4, 0.5) is 5.82 Å². The van der Waals surface area contributed by atoms with Crippen molar-refractivity contribution < 1.29 is 14.1 Å². The zero-order chi connectivity index (χ0) is 17.9. The Labute approximate surface area is 152 Å². The van der Waals surface area contributed by atoms with Gasteiger partial charge >= 0.3 is 0 Å². The molecule has 0 aliphatic carbocycles. The first-order valence-electron chi connectivity index (χ1n) is 9.19. The molecule has 0 spiro atoms. The summed E-state index contributed by atoms with van der Waals surface area (Å²) in [5.41, 5.74) is 0.837. The maximum absolute atomic E-state index is 12.4. The lowest BCUT2D eigenvalue weighted by Gasteiger charge is -2.36. The minimum atomic E-state index is -0.234. The zero-order valence-corrected chi connectivity index (χ0v) is 14.9. The standard InChI is InChI=1S/C18H23N5O3/c1-2-16-20-17(21-26-16)13-5-6-15(19-12-13)22-7-9-23(10-8-22)18(24)14-4-3-11-25-14/h5-6,12,14H,2-4,7-11H2,1H3/t14-/m1/s1. The normalized spacial score (nSPS) is 20.6. The van der Waals surface area contributed by atoms with Gasteiger partial charge in [-0.1, -0.05) is 12.1 Å². The molecule has 0 bridgehead atoms. The molecule has 2 aromatic rings. The van der Waals surface area contributed by atoms with Crippen molar-refractivity contribution >= 4 is 11.7 Å². The van der Waals surface area contributed by atoms with E-state index >= 15 is 0 Å². The molecule has 2 fully saturated rings. The maximum Gasteiger partial charge on any atom is 0.251 e. The molecule has 0 saturated carbocycles. The Hall–Kier alpha value is -2.48. The number of pyridine rings is 1. The Morgan fingerprint density at radius 1 is 1.27 bits per heavy atom. The summed E-state index contributed by atoms with van der Waals surface area (Å²) in [6, 6.07) is 3.92. The average molecular weight is 357 g/mol. The fourth-order valence-electron chi connectivity index (χ4n) is 3.35. The third-order valence-electron chi connectivity index (χ3n) is 4.90. The van der Waals surface area contributed by atoms with Gasteiger partial charge in [0.15, 0.2) is 0 Å². The van der Waals surface area contributed by atoms with Crippen LogP contribution >= 0.6 is 0 Å². The van der Waals surface area contributed by atoms with Crippen molar-refractivity contribution in [3.8, 4) is 11.4 Å². The van der Waals surface area contributed by atoms with Gasteiger partial charge in [0.1, 0.15) is 11.9 Å². The molecule has 0 N–H and O–H groups in total. The summed E-state index contributed by atoms with van der Waals surface area (Å²) in [6.45, 7) is 5.62. The highest BCUT2D eigenvalue weighted by atomic mass is 16.5. The number of aromatic nitrogens is 3. The van der Waals surface area contributed by atoms with Gasteiger partial charge in [0, 0.05) is 51.0 Å². The molecular formula is C18H23N5O3. The van der Waals surface area contributed by atoms with Crippen molar-refractivity contribution in [1.82, 2.24) is 20.0 Å². The van der Waals surface area contributed by atoms with Gasteiger partial charge in [-0.15, -0.1) is 0 Å². The van der Waals surface area contributed by atoms with Gasteiger partial charge in [0.2, 0.25) is 11.7 Å². The molecule has 4 heterocycles. The average Bonchev–Trinajstić information content (AvgIpc) is 3.40. The fraction of sp³-hybridized carbons (Fsp3) is 0.556. The molecule has 2 saturated heterocycles. The maximum atomic E-state index is 12.4. The second kappa shape index (κ2) is 7.41. The van der Waals surface area contributed by atoms with E-state index in [2.05, 4.69) is 20.0 Å². The summed E-state index contributed by atoms with van der Waals surface area (Å²) in [5, 5.41) is 3.97. The molecule has 8 nitrogen and oxygen atoms in total. The van der Waals surface area contributed by atoms with E-state index in [1.165, 1.54) is 0 Å². The van der Waals surface area contributed by atoms with Crippen LogP contribution in [0.2, 0.25) is 0 Å². The van der Waals surface area contributed by atoms with Gasteiger partial charge in [-0.2, -0.15) is 4.98 Å². The number of aryl methyl sites for hydroxylation is 1. The van der Waals surface area contributed by atoms with E-state index in [9.17, 15) is 4.79 Å². The topological polar surface area (TPSA) is 84.6 Å². The summed E-state index contributed by atoms with van der Waals surface area (Å²) in [5.74, 6) is 2.22. The van der Waals surface area contributed by atoms with E-state index in [4.69, 9.17) is 9.26 Å². The number of carbonyl (C=O) groups excluding carboxylic acids is 1. The van der Waals surface area contributed by atoms with Crippen LogP contribution in [0.15, 0.2) is 22.9 Å². The lowest BCUT2D eigenvalue weighted by molar-refractivity contribution is -0.141. The lowest BCUT2D eigenvalue weighted by Crippen LogP contribution is -2.51. The second-order valence-electron chi connectivity index (χ2n) is 6.58. The van der Waals surface area contributed by atoms with Gasteiger partial charge in [0.25, 0.3) is 5.91 Å². The highest BCUT2D eigenvalue weighted by Gasteiger charge is 2.30. The highest BCUT2D eigenvalue weighted by molar-refractivity contribution is 5.81. The summed E-state index contributed by atoms with van der Waals surface area (Å²) in [6.07, 6.45) is 4.07. The lowest BCUT2D eigenvalue weighted by atomic mass is 10.2. The van der Waals surface area contributed by atoms with Crippen LogP contribution in [-0.4, -0.2) is 64.8 Å². The van der Waals surface area contributed by atoms with Crippen LogP contribution < -0.4 is 4.90 Å². The van der Waals surface area contributed by atoms with E-state index < -0.39 is 0 Å². The Kier molecular flexibility index (Phi) is 4.83. The fourth-order valence-corrected chi connectivity index (χ4v) is 3.35. The van der Waals surface area contributed by atoms with Gasteiger partial charge in [-0.3, -0.25) is 4.79 Å².